The maximum absolute atomic E-state index is 5.35. The zero-order chi connectivity index (χ0) is 8.27. The number of nitrogens with two attached hydrogens (primary N) is 1. The standard InChI is InChI=1S/C9H12N2/c1-7(6-10)9-5-3-4-8(2)11-9/h3-6H,10H2,1-2H3/b7-6-. The Morgan fingerprint density at radius 3 is 2.82 bits per heavy atom. The minimum absolute atomic E-state index is 0.951. The molecule has 2 N–H and O–H groups in total. The highest BCUT2D eigenvalue weighted by Gasteiger charge is 1.94. The van der Waals surface area contributed by atoms with E-state index in [4.69, 9.17) is 5.73 Å². The summed E-state index contributed by atoms with van der Waals surface area (Å²) in [6, 6.07) is 5.89. The van der Waals surface area contributed by atoms with E-state index in [1.807, 2.05) is 32.0 Å². The van der Waals surface area contributed by atoms with Gasteiger partial charge in [-0.05, 0) is 37.8 Å². The van der Waals surface area contributed by atoms with Gasteiger partial charge < -0.3 is 5.73 Å². The van der Waals surface area contributed by atoms with Crippen LogP contribution < -0.4 is 5.73 Å². The fourth-order valence-electron chi connectivity index (χ4n) is 0.848. The molecule has 0 aliphatic heterocycles. The van der Waals surface area contributed by atoms with Gasteiger partial charge in [0.15, 0.2) is 0 Å². The molecule has 0 spiro atoms. The van der Waals surface area contributed by atoms with Crippen LogP contribution in [0.15, 0.2) is 24.4 Å². The van der Waals surface area contributed by atoms with Crippen molar-refractivity contribution >= 4 is 5.57 Å². The number of hydrogen-bond acceptors (Lipinski definition) is 2. The van der Waals surface area contributed by atoms with Crippen molar-refractivity contribution in [3.63, 3.8) is 0 Å². The summed E-state index contributed by atoms with van der Waals surface area (Å²) in [6.45, 7) is 3.91. The van der Waals surface area contributed by atoms with Gasteiger partial charge in [-0.2, -0.15) is 0 Å². The maximum atomic E-state index is 5.35. The van der Waals surface area contributed by atoms with Gasteiger partial charge in [0.1, 0.15) is 0 Å². The molecular formula is C9H12N2. The molecule has 0 unspecified atom stereocenters. The first-order valence-electron chi connectivity index (χ1n) is 3.56. The lowest BCUT2D eigenvalue weighted by Crippen LogP contribution is -1.90. The molecule has 1 rings (SSSR count). The number of allylic oxidation sites excluding steroid dienone is 1. The third-order valence-electron chi connectivity index (χ3n) is 1.54. The summed E-state index contributed by atoms with van der Waals surface area (Å²) in [5.74, 6) is 0. The average molecular weight is 148 g/mol. The first kappa shape index (κ1) is 7.79. The van der Waals surface area contributed by atoms with E-state index < -0.39 is 0 Å². The van der Waals surface area contributed by atoms with Crippen molar-refractivity contribution in [3.8, 4) is 0 Å². The lowest BCUT2D eigenvalue weighted by molar-refractivity contribution is 1.16. The van der Waals surface area contributed by atoms with E-state index in [0.29, 0.717) is 0 Å². The summed E-state index contributed by atoms with van der Waals surface area (Å²) in [7, 11) is 0. The second-order valence-electron chi connectivity index (χ2n) is 2.51. The van der Waals surface area contributed by atoms with Crippen LogP contribution in [-0.2, 0) is 0 Å². The number of hydrogen-bond donors (Lipinski definition) is 1. The van der Waals surface area contributed by atoms with Crippen molar-refractivity contribution in [2.75, 3.05) is 0 Å². The SMILES string of the molecule is C/C(=C/N)c1cccc(C)n1. The first-order valence-corrected chi connectivity index (χ1v) is 3.56. The zero-order valence-corrected chi connectivity index (χ0v) is 6.83. The normalized spacial score (nSPS) is 11.6. The molecule has 2 heteroatoms. The van der Waals surface area contributed by atoms with E-state index in [1.165, 1.54) is 0 Å². The van der Waals surface area contributed by atoms with Gasteiger partial charge in [-0.1, -0.05) is 6.07 Å². The Labute approximate surface area is 66.8 Å². The van der Waals surface area contributed by atoms with E-state index in [2.05, 4.69) is 4.98 Å². The molecule has 0 amide bonds. The predicted octanol–water partition coefficient (Wildman–Crippen LogP) is 1.71. The summed E-state index contributed by atoms with van der Waals surface area (Å²) >= 11 is 0. The first-order chi connectivity index (χ1) is 5.24. The highest BCUT2D eigenvalue weighted by molar-refractivity contribution is 5.59. The molecule has 1 aromatic heterocycles. The van der Waals surface area contributed by atoms with Crippen molar-refractivity contribution in [2.45, 2.75) is 13.8 Å². The average Bonchev–Trinajstić information content (AvgIpc) is 2.03. The number of aryl methyl sites for hydroxylation is 1. The monoisotopic (exact) mass is 148 g/mol. The third-order valence-corrected chi connectivity index (χ3v) is 1.54. The summed E-state index contributed by atoms with van der Waals surface area (Å²) in [5, 5.41) is 0. The Balaban J connectivity index is 3.06. The summed E-state index contributed by atoms with van der Waals surface area (Å²) in [4.78, 5) is 4.30. The van der Waals surface area contributed by atoms with Crippen LogP contribution >= 0.6 is 0 Å². The van der Waals surface area contributed by atoms with Crippen molar-refractivity contribution in [1.82, 2.24) is 4.98 Å². The van der Waals surface area contributed by atoms with Gasteiger partial charge in [0.2, 0.25) is 0 Å². The Bertz CT molecular complexity index is 277. The van der Waals surface area contributed by atoms with Crippen molar-refractivity contribution in [1.29, 1.82) is 0 Å². The van der Waals surface area contributed by atoms with Crippen LogP contribution in [-0.4, -0.2) is 4.98 Å². The third kappa shape index (κ3) is 1.80. The molecule has 58 valence electrons. The van der Waals surface area contributed by atoms with E-state index in [-0.39, 0.29) is 0 Å². The van der Waals surface area contributed by atoms with Gasteiger partial charge in [-0.25, -0.2) is 0 Å². The molecule has 1 aromatic rings. The van der Waals surface area contributed by atoms with Gasteiger partial charge in [0.25, 0.3) is 0 Å². The Kier molecular flexibility index (Phi) is 2.26. The lowest BCUT2D eigenvalue weighted by atomic mass is 10.2. The van der Waals surface area contributed by atoms with Gasteiger partial charge >= 0.3 is 0 Å². The number of aromatic nitrogens is 1. The van der Waals surface area contributed by atoms with Crippen LogP contribution in [0.25, 0.3) is 5.57 Å². The summed E-state index contributed by atoms with van der Waals surface area (Å²) in [5.41, 5.74) is 8.33. The fourth-order valence-corrected chi connectivity index (χ4v) is 0.848. The minimum Gasteiger partial charge on any atom is -0.404 e. The number of rotatable bonds is 1. The molecule has 11 heavy (non-hydrogen) atoms. The van der Waals surface area contributed by atoms with Crippen LogP contribution in [0.2, 0.25) is 0 Å². The highest BCUT2D eigenvalue weighted by Crippen LogP contribution is 2.08. The summed E-state index contributed by atoms with van der Waals surface area (Å²) in [6.07, 6.45) is 1.57. The summed E-state index contributed by atoms with van der Waals surface area (Å²) < 4.78 is 0. The number of nitrogens with zero attached hydrogens (tertiary/aromatic N) is 1. The molecule has 0 aromatic carbocycles. The molecule has 0 aliphatic carbocycles. The second-order valence-corrected chi connectivity index (χ2v) is 2.51. The van der Waals surface area contributed by atoms with E-state index >= 15 is 0 Å². The van der Waals surface area contributed by atoms with Gasteiger partial charge in [0.05, 0.1) is 5.69 Å². The zero-order valence-electron chi connectivity index (χ0n) is 6.83. The second kappa shape index (κ2) is 3.19. The molecule has 0 fully saturated rings. The van der Waals surface area contributed by atoms with E-state index in [1.54, 1.807) is 6.20 Å². The minimum atomic E-state index is 0.951. The van der Waals surface area contributed by atoms with Gasteiger partial charge in [0, 0.05) is 5.69 Å². The quantitative estimate of drug-likeness (QED) is 0.658. The van der Waals surface area contributed by atoms with Crippen LogP contribution in [0.3, 0.4) is 0 Å². The lowest BCUT2D eigenvalue weighted by Gasteiger charge is -1.99. The maximum Gasteiger partial charge on any atom is 0.0676 e. The van der Waals surface area contributed by atoms with E-state index in [9.17, 15) is 0 Å². The van der Waals surface area contributed by atoms with Crippen LogP contribution in [0.1, 0.15) is 18.3 Å². The molecule has 0 saturated carbocycles. The van der Waals surface area contributed by atoms with Crippen molar-refractivity contribution < 1.29 is 0 Å². The van der Waals surface area contributed by atoms with Crippen LogP contribution in [0.5, 0.6) is 0 Å². The highest BCUT2D eigenvalue weighted by atomic mass is 14.7. The predicted molar refractivity (Wildman–Crippen MR) is 46.8 cm³/mol. The topological polar surface area (TPSA) is 38.9 Å². The van der Waals surface area contributed by atoms with Crippen LogP contribution in [0, 0.1) is 6.92 Å². The Morgan fingerprint density at radius 2 is 2.27 bits per heavy atom. The molecule has 0 bridgehead atoms. The molecule has 0 aliphatic rings. The van der Waals surface area contributed by atoms with Crippen LogP contribution in [0.4, 0.5) is 0 Å². The largest absolute Gasteiger partial charge is 0.404 e. The van der Waals surface area contributed by atoms with Crippen molar-refractivity contribution in [3.05, 3.63) is 35.8 Å². The molecule has 2 nitrogen and oxygen atoms in total. The molecule has 0 radical (unpaired) electrons. The molecule has 0 atom stereocenters. The Hall–Kier alpha value is -1.31. The van der Waals surface area contributed by atoms with Gasteiger partial charge in [-0.3, -0.25) is 4.98 Å². The Morgan fingerprint density at radius 1 is 1.55 bits per heavy atom. The van der Waals surface area contributed by atoms with Gasteiger partial charge in [-0.15, -0.1) is 0 Å². The molecular weight excluding hydrogens is 136 g/mol. The molecule has 1 heterocycles. The van der Waals surface area contributed by atoms with E-state index in [0.717, 1.165) is 17.0 Å². The van der Waals surface area contributed by atoms with Crippen molar-refractivity contribution in [2.24, 2.45) is 5.73 Å². The number of pyridine rings is 1. The molecule has 0 saturated heterocycles. The smallest absolute Gasteiger partial charge is 0.0676 e. The fraction of sp³-hybridized carbons (Fsp3) is 0.222.